The highest BCUT2D eigenvalue weighted by Gasteiger charge is 2.20. The van der Waals surface area contributed by atoms with E-state index in [1.165, 1.54) is 6.07 Å². The van der Waals surface area contributed by atoms with Crippen LogP contribution >= 0.6 is 15.9 Å². The number of sulfonamides is 1. The Morgan fingerprint density at radius 2 is 1.96 bits per heavy atom. The lowest BCUT2D eigenvalue weighted by atomic mass is 10.1. The number of rotatable bonds is 6. The van der Waals surface area contributed by atoms with Gasteiger partial charge in [-0.05, 0) is 42.3 Å². The van der Waals surface area contributed by atoms with Gasteiger partial charge >= 0.3 is 0 Å². The van der Waals surface area contributed by atoms with Crippen molar-refractivity contribution >= 4 is 37.5 Å². The Balaban J connectivity index is 2.03. The van der Waals surface area contributed by atoms with Gasteiger partial charge in [-0.25, -0.2) is 17.5 Å². The molecule has 2 N–H and O–H groups in total. The molecule has 0 unspecified atom stereocenters. The van der Waals surface area contributed by atoms with Crippen LogP contribution in [-0.2, 0) is 21.2 Å². The Morgan fingerprint density at radius 3 is 2.67 bits per heavy atom. The van der Waals surface area contributed by atoms with Crippen LogP contribution in [0.25, 0.3) is 0 Å². The van der Waals surface area contributed by atoms with Crippen LogP contribution < -0.4 is 10.0 Å². The molecule has 0 heterocycles. The highest BCUT2D eigenvalue weighted by atomic mass is 79.9. The normalized spacial score (nSPS) is 11.3. The van der Waals surface area contributed by atoms with E-state index in [-0.39, 0.29) is 0 Å². The summed E-state index contributed by atoms with van der Waals surface area (Å²) in [5.41, 5.74) is 1.62. The summed E-state index contributed by atoms with van der Waals surface area (Å²) >= 11 is 3.09. The molecule has 2 aromatic rings. The quantitative estimate of drug-likeness (QED) is 0.762. The topological polar surface area (TPSA) is 75.3 Å². The third-order valence-corrected chi connectivity index (χ3v) is 5.13. The van der Waals surface area contributed by atoms with Gasteiger partial charge in [-0.3, -0.25) is 4.79 Å². The largest absolute Gasteiger partial charge is 0.325 e. The summed E-state index contributed by atoms with van der Waals surface area (Å²) in [7, 11) is -4.13. The van der Waals surface area contributed by atoms with Crippen molar-refractivity contribution in [2.45, 2.75) is 18.2 Å². The van der Waals surface area contributed by atoms with Crippen LogP contribution in [0.2, 0.25) is 0 Å². The van der Waals surface area contributed by atoms with Crippen molar-refractivity contribution in [2.75, 3.05) is 11.9 Å². The predicted molar refractivity (Wildman–Crippen MR) is 93.7 cm³/mol. The molecule has 0 fully saturated rings. The Hall–Kier alpha value is -1.77. The Morgan fingerprint density at radius 1 is 1.21 bits per heavy atom. The van der Waals surface area contributed by atoms with Gasteiger partial charge in [0, 0.05) is 10.2 Å². The van der Waals surface area contributed by atoms with Crippen molar-refractivity contribution < 1.29 is 17.6 Å². The molecule has 128 valence electrons. The smallest absolute Gasteiger partial charge is 0.243 e. The maximum atomic E-state index is 13.7. The summed E-state index contributed by atoms with van der Waals surface area (Å²) < 4.78 is 40.4. The first-order valence-electron chi connectivity index (χ1n) is 7.15. The van der Waals surface area contributed by atoms with Gasteiger partial charge in [0.05, 0.1) is 6.54 Å². The maximum Gasteiger partial charge on any atom is 0.243 e. The SMILES string of the molecule is CCc1cccc(NC(=O)CNS(=O)(=O)c2cc(Br)ccc2F)c1. The molecule has 0 aromatic heterocycles. The molecule has 0 saturated heterocycles. The predicted octanol–water partition coefficient (Wildman–Crippen LogP) is 3.07. The Bertz CT molecular complexity index is 856. The van der Waals surface area contributed by atoms with Crippen LogP contribution in [0, 0.1) is 5.82 Å². The highest BCUT2D eigenvalue weighted by Crippen LogP contribution is 2.19. The second-order valence-electron chi connectivity index (χ2n) is 5.00. The van der Waals surface area contributed by atoms with Gasteiger partial charge in [-0.15, -0.1) is 0 Å². The van der Waals surface area contributed by atoms with E-state index in [9.17, 15) is 17.6 Å². The lowest BCUT2D eigenvalue weighted by Gasteiger charge is -2.09. The summed E-state index contributed by atoms with van der Waals surface area (Å²) in [5.74, 6) is -1.43. The number of amides is 1. The third kappa shape index (κ3) is 4.86. The highest BCUT2D eigenvalue weighted by molar-refractivity contribution is 9.10. The van der Waals surface area contributed by atoms with Gasteiger partial charge in [0.2, 0.25) is 15.9 Å². The van der Waals surface area contributed by atoms with E-state index in [1.54, 1.807) is 18.2 Å². The lowest BCUT2D eigenvalue weighted by Crippen LogP contribution is -2.33. The second kappa shape index (κ2) is 7.87. The van der Waals surface area contributed by atoms with Gasteiger partial charge in [0.15, 0.2) is 0 Å². The van der Waals surface area contributed by atoms with Gasteiger partial charge in [-0.1, -0.05) is 35.0 Å². The first-order valence-corrected chi connectivity index (χ1v) is 9.43. The molecule has 0 atom stereocenters. The minimum atomic E-state index is -4.13. The molecule has 5 nitrogen and oxygen atoms in total. The average molecular weight is 415 g/mol. The molecule has 0 radical (unpaired) electrons. The van der Waals surface area contributed by atoms with E-state index < -0.39 is 33.2 Å². The average Bonchev–Trinajstić information content (AvgIpc) is 2.55. The lowest BCUT2D eigenvalue weighted by molar-refractivity contribution is -0.115. The minimum absolute atomic E-state index is 0.421. The fourth-order valence-corrected chi connectivity index (χ4v) is 3.59. The molecule has 8 heteroatoms. The van der Waals surface area contributed by atoms with E-state index >= 15 is 0 Å². The Kier molecular flexibility index (Phi) is 6.09. The molecule has 0 aliphatic rings. The monoisotopic (exact) mass is 414 g/mol. The van der Waals surface area contributed by atoms with Crippen LogP contribution in [-0.4, -0.2) is 20.9 Å². The minimum Gasteiger partial charge on any atom is -0.325 e. The molecule has 0 saturated carbocycles. The fraction of sp³-hybridized carbons (Fsp3) is 0.188. The molecular weight excluding hydrogens is 399 g/mol. The zero-order chi connectivity index (χ0) is 17.7. The van der Waals surface area contributed by atoms with Crippen LogP contribution in [0.5, 0.6) is 0 Å². The van der Waals surface area contributed by atoms with E-state index in [1.807, 2.05) is 13.0 Å². The molecule has 0 aliphatic heterocycles. The molecule has 0 aliphatic carbocycles. The molecule has 0 spiro atoms. The summed E-state index contributed by atoms with van der Waals surface area (Å²) in [4.78, 5) is 11.4. The summed E-state index contributed by atoms with van der Waals surface area (Å²) in [6, 6.07) is 10.8. The number of nitrogens with one attached hydrogen (secondary N) is 2. The summed E-state index contributed by atoms with van der Waals surface area (Å²) in [6.07, 6.45) is 0.818. The first-order chi connectivity index (χ1) is 11.3. The standard InChI is InChI=1S/C16H16BrFN2O3S/c1-2-11-4-3-5-13(8-11)20-16(21)10-19-24(22,23)15-9-12(17)6-7-14(15)18/h3-9,19H,2,10H2,1H3,(H,20,21). The molecule has 2 aromatic carbocycles. The first kappa shape index (κ1) is 18.6. The third-order valence-electron chi connectivity index (χ3n) is 3.22. The number of hydrogen-bond donors (Lipinski definition) is 2. The van der Waals surface area contributed by atoms with E-state index in [0.29, 0.717) is 10.2 Å². The molecule has 2 rings (SSSR count). The number of carbonyl (C=O) groups excluding carboxylic acids is 1. The Labute approximate surface area is 148 Å². The van der Waals surface area contributed by atoms with Crippen molar-refractivity contribution in [1.82, 2.24) is 4.72 Å². The van der Waals surface area contributed by atoms with Crippen molar-refractivity contribution in [1.29, 1.82) is 0 Å². The molecular formula is C16H16BrFN2O3S. The molecule has 24 heavy (non-hydrogen) atoms. The van der Waals surface area contributed by atoms with Gasteiger partial charge in [0.1, 0.15) is 10.7 Å². The maximum absolute atomic E-state index is 13.7. The fourth-order valence-electron chi connectivity index (χ4n) is 2.00. The van der Waals surface area contributed by atoms with Gasteiger partial charge in [-0.2, -0.15) is 0 Å². The van der Waals surface area contributed by atoms with Crippen LogP contribution in [0.15, 0.2) is 51.8 Å². The van der Waals surface area contributed by atoms with Crippen LogP contribution in [0.1, 0.15) is 12.5 Å². The number of carbonyl (C=O) groups is 1. The number of halogens is 2. The van der Waals surface area contributed by atoms with Crippen molar-refractivity contribution in [2.24, 2.45) is 0 Å². The number of benzene rings is 2. The zero-order valence-corrected chi connectivity index (χ0v) is 15.2. The van der Waals surface area contributed by atoms with E-state index in [2.05, 4.69) is 26.0 Å². The number of aryl methyl sites for hydroxylation is 1. The van der Waals surface area contributed by atoms with Crippen molar-refractivity contribution in [3.63, 3.8) is 0 Å². The van der Waals surface area contributed by atoms with E-state index in [0.717, 1.165) is 24.1 Å². The summed E-state index contributed by atoms with van der Waals surface area (Å²) in [5, 5.41) is 2.60. The van der Waals surface area contributed by atoms with E-state index in [4.69, 9.17) is 0 Å². The summed E-state index contributed by atoms with van der Waals surface area (Å²) in [6.45, 7) is 1.49. The van der Waals surface area contributed by atoms with Crippen LogP contribution in [0.3, 0.4) is 0 Å². The molecule has 1 amide bonds. The number of anilines is 1. The van der Waals surface area contributed by atoms with Crippen molar-refractivity contribution in [3.05, 3.63) is 58.3 Å². The second-order valence-corrected chi connectivity index (χ2v) is 7.65. The van der Waals surface area contributed by atoms with Crippen LogP contribution in [0.4, 0.5) is 10.1 Å². The zero-order valence-electron chi connectivity index (χ0n) is 12.8. The van der Waals surface area contributed by atoms with Gasteiger partial charge < -0.3 is 5.32 Å². The van der Waals surface area contributed by atoms with Crippen molar-refractivity contribution in [3.8, 4) is 0 Å². The number of hydrogen-bond acceptors (Lipinski definition) is 3. The molecule has 0 bridgehead atoms. The van der Waals surface area contributed by atoms with Gasteiger partial charge in [0.25, 0.3) is 0 Å².